The molecule has 1 fully saturated rings. The molecule has 0 aliphatic carbocycles. The Morgan fingerprint density at radius 2 is 1.71 bits per heavy atom. The van der Waals surface area contributed by atoms with Gasteiger partial charge in [0.15, 0.2) is 0 Å². The monoisotopic (exact) mass is 218 g/mol. The van der Waals surface area contributed by atoms with E-state index in [2.05, 4.69) is 25.7 Å². The molecule has 1 atom stereocenters. The number of nitrogens with zero attached hydrogens (tertiary/aromatic N) is 2. The van der Waals surface area contributed by atoms with E-state index in [1.54, 1.807) is 6.26 Å². The lowest BCUT2D eigenvalue weighted by Crippen LogP contribution is -2.54. The smallest absolute Gasteiger partial charge is 0.0911 e. The van der Waals surface area contributed by atoms with Gasteiger partial charge in [-0.25, -0.2) is 8.51 Å². The molecule has 0 aromatic carbocycles. The van der Waals surface area contributed by atoms with Crippen LogP contribution in [-0.2, 0) is 11.0 Å². The molecule has 1 heterocycles. The van der Waals surface area contributed by atoms with Crippen LogP contribution in [0.5, 0.6) is 0 Å². The maximum atomic E-state index is 11.2. The van der Waals surface area contributed by atoms with Gasteiger partial charge in [0.05, 0.1) is 11.0 Å². The maximum Gasteiger partial charge on any atom is 0.0911 e. The average molecular weight is 218 g/mol. The second kappa shape index (κ2) is 4.73. The first-order chi connectivity index (χ1) is 6.47. The van der Waals surface area contributed by atoms with Gasteiger partial charge in [-0.2, -0.15) is 0 Å². The first-order valence-corrected chi connectivity index (χ1v) is 6.82. The normalized spacial score (nSPS) is 23.7. The molecule has 1 unspecified atom stereocenters. The van der Waals surface area contributed by atoms with Crippen molar-refractivity contribution in [1.29, 1.82) is 0 Å². The summed E-state index contributed by atoms with van der Waals surface area (Å²) in [6, 6.07) is 0. The van der Waals surface area contributed by atoms with Gasteiger partial charge >= 0.3 is 0 Å². The van der Waals surface area contributed by atoms with E-state index in [0.29, 0.717) is 5.54 Å². The molecule has 0 aromatic heterocycles. The van der Waals surface area contributed by atoms with Crippen molar-refractivity contribution in [3.8, 4) is 0 Å². The summed E-state index contributed by atoms with van der Waals surface area (Å²) in [5.74, 6) is 0. The Morgan fingerprint density at radius 3 is 2.07 bits per heavy atom. The summed E-state index contributed by atoms with van der Waals surface area (Å²) in [4.78, 5) is 2.50. The summed E-state index contributed by atoms with van der Waals surface area (Å²) in [6.07, 6.45) is 2.93. The van der Waals surface area contributed by atoms with Crippen LogP contribution >= 0.6 is 0 Å². The molecule has 84 valence electrons. The van der Waals surface area contributed by atoms with Crippen LogP contribution in [-0.4, -0.2) is 51.4 Å². The number of piperazine rings is 1. The van der Waals surface area contributed by atoms with Crippen LogP contribution in [0.3, 0.4) is 0 Å². The lowest BCUT2D eigenvalue weighted by molar-refractivity contribution is 0.0780. The minimum absolute atomic E-state index is 0.293. The van der Waals surface area contributed by atoms with Gasteiger partial charge < -0.3 is 0 Å². The van der Waals surface area contributed by atoms with Crippen LogP contribution < -0.4 is 0 Å². The summed E-state index contributed by atoms with van der Waals surface area (Å²) < 4.78 is 13.3. The van der Waals surface area contributed by atoms with Gasteiger partial charge in [0.1, 0.15) is 0 Å². The van der Waals surface area contributed by atoms with E-state index in [-0.39, 0.29) is 0 Å². The zero-order valence-corrected chi connectivity index (χ0v) is 10.6. The molecular formula is C10H22N2OS. The summed E-state index contributed by atoms with van der Waals surface area (Å²) in [5, 5.41) is 0. The van der Waals surface area contributed by atoms with E-state index in [1.165, 1.54) is 6.42 Å². The number of hydrogen-bond donors (Lipinski definition) is 0. The molecule has 1 aliphatic heterocycles. The van der Waals surface area contributed by atoms with Crippen LogP contribution in [0.15, 0.2) is 0 Å². The zero-order valence-electron chi connectivity index (χ0n) is 9.75. The Balaban J connectivity index is 2.47. The Kier molecular flexibility index (Phi) is 4.10. The molecular weight excluding hydrogens is 196 g/mol. The summed E-state index contributed by atoms with van der Waals surface area (Å²) in [5.41, 5.74) is 0.293. The fourth-order valence-electron chi connectivity index (χ4n) is 1.77. The molecule has 4 heteroatoms. The number of hydrogen-bond acceptors (Lipinski definition) is 2. The van der Waals surface area contributed by atoms with Crippen molar-refractivity contribution in [1.82, 2.24) is 9.21 Å². The van der Waals surface area contributed by atoms with E-state index in [9.17, 15) is 4.21 Å². The van der Waals surface area contributed by atoms with Crippen molar-refractivity contribution < 1.29 is 4.21 Å². The highest BCUT2D eigenvalue weighted by Crippen LogP contribution is 2.20. The largest absolute Gasteiger partial charge is 0.296 e. The topological polar surface area (TPSA) is 23.6 Å². The van der Waals surface area contributed by atoms with Crippen LogP contribution in [0.25, 0.3) is 0 Å². The van der Waals surface area contributed by atoms with Gasteiger partial charge in [0, 0.05) is 38.0 Å². The summed E-state index contributed by atoms with van der Waals surface area (Å²) in [7, 11) is -0.789. The Bertz CT molecular complexity index is 210. The fourth-order valence-corrected chi connectivity index (χ4v) is 2.45. The molecule has 14 heavy (non-hydrogen) atoms. The molecule has 1 aliphatic rings. The van der Waals surface area contributed by atoms with Crippen molar-refractivity contribution in [3.63, 3.8) is 0 Å². The van der Waals surface area contributed by atoms with Gasteiger partial charge in [0.25, 0.3) is 0 Å². The Labute approximate surface area is 90.0 Å². The molecule has 1 rings (SSSR count). The first kappa shape index (κ1) is 12.1. The van der Waals surface area contributed by atoms with Crippen molar-refractivity contribution >= 4 is 11.0 Å². The Hall–Kier alpha value is 0.0700. The predicted octanol–water partition coefficient (Wildman–Crippen LogP) is 1.09. The Morgan fingerprint density at radius 1 is 1.21 bits per heavy atom. The van der Waals surface area contributed by atoms with Crippen molar-refractivity contribution in [2.45, 2.75) is 32.7 Å². The van der Waals surface area contributed by atoms with Gasteiger partial charge in [-0.05, 0) is 20.3 Å². The van der Waals surface area contributed by atoms with E-state index >= 15 is 0 Å². The molecule has 1 saturated heterocycles. The second-order valence-corrected chi connectivity index (χ2v) is 5.87. The first-order valence-electron chi connectivity index (χ1n) is 5.31. The van der Waals surface area contributed by atoms with Crippen LogP contribution in [0, 0.1) is 0 Å². The SMILES string of the molecule is CCC(C)(C)N1CCN(S(C)=O)CC1. The average Bonchev–Trinajstić information content (AvgIpc) is 2.18. The van der Waals surface area contributed by atoms with E-state index in [4.69, 9.17) is 0 Å². The highest BCUT2D eigenvalue weighted by Gasteiger charge is 2.28. The third-order valence-electron chi connectivity index (χ3n) is 3.32. The van der Waals surface area contributed by atoms with Gasteiger partial charge in [-0.1, -0.05) is 6.92 Å². The minimum Gasteiger partial charge on any atom is -0.296 e. The lowest BCUT2D eigenvalue weighted by Gasteiger charge is -2.43. The van der Waals surface area contributed by atoms with E-state index < -0.39 is 11.0 Å². The van der Waals surface area contributed by atoms with Gasteiger partial charge in [0.2, 0.25) is 0 Å². The third kappa shape index (κ3) is 2.78. The highest BCUT2D eigenvalue weighted by atomic mass is 32.2. The zero-order chi connectivity index (χ0) is 10.8. The van der Waals surface area contributed by atoms with Crippen LogP contribution in [0.1, 0.15) is 27.2 Å². The summed E-state index contributed by atoms with van der Waals surface area (Å²) in [6.45, 7) is 10.8. The summed E-state index contributed by atoms with van der Waals surface area (Å²) >= 11 is 0. The second-order valence-electron chi connectivity index (χ2n) is 4.51. The maximum absolute atomic E-state index is 11.2. The van der Waals surface area contributed by atoms with Crippen molar-refractivity contribution in [2.75, 3.05) is 32.4 Å². The van der Waals surface area contributed by atoms with Crippen molar-refractivity contribution in [3.05, 3.63) is 0 Å². The highest BCUT2D eigenvalue weighted by molar-refractivity contribution is 7.81. The molecule has 0 N–H and O–H groups in total. The molecule has 0 bridgehead atoms. The quantitative estimate of drug-likeness (QED) is 0.708. The molecule has 0 amide bonds. The standard InChI is InChI=1S/C10H22N2OS/c1-5-10(2,3)11-6-8-12(9-7-11)14(4)13/h5-9H2,1-4H3. The lowest BCUT2D eigenvalue weighted by atomic mass is 9.98. The van der Waals surface area contributed by atoms with Crippen LogP contribution in [0.2, 0.25) is 0 Å². The molecule has 3 nitrogen and oxygen atoms in total. The minimum atomic E-state index is -0.789. The van der Waals surface area contributed by atoms with Crippen molar-refractivity contribution in [2.24, 2.45) is 0 Å². The van der Waals surface area contributed by atoms with Gasteiger partial charge in [-0.3, -0.25) is 4.90 Å². The molecule has 0 radical (unpaired) electrons. The predicted molar refractivity (Wildman–Crippen MR) is 61.6 cm³/mol. The molecule has 0 saturated carbocycles. The fraction of sp³-hybridized carbons (Fsp3) is 1.00. The molecule has 0 spiro atoms. The third-order valence-corrected chi connectivity index (χ3v) is 4.42. The van der Waals surface area contributed by atoms with E-state index in [0.717, 1.165) is 26.2 Å². The van der Waals surface area contributed by atoms with Crippen LogP contribution in [0.4, 0.5) is 0 Å². The number of rotatable bonds is 3. The van der Waals surface area contributed by atoms with E-state index in [1.807, 2.05) is 4.31 Å². The van der Waals surface area contributed by atoms with Gasteiger partial charge in [-0.15, -0.1) is 0 Å². The molecule has 0 aromatic rings.